The summed E-state index contributed by atoms with van der Waals surface area (Å²) in [6, 6.07) is 17.3. The van der Waals surface area contributed by atoms with Crippen molar-refractivity contribution < 1.29 is 4.57 Å². The minimum absolute atomic E-state index is 0.949. The fourth-order valence-corrected chi connectivity index (χ4v) is 2.88. The summed E-state index contributed by atoms with van der Waals surface area (Å²) >= 11 is 1.80. The molecule has 0 unspecified atom stereocenters. The predicted molar refractivity (Wildman–Crippen MR) is 72.3 cm³/mol. The zero-order valence-electron chi connectivity index (χ0n) is 9.76. The number of benzene rings is 2. The Hall–Kier alpha value is -1.67. The van der Waals surface area contributed by atoms with E-state index in [-0.39, 0.29) is 0 Å². The third-order valence-electron chi connectivity index (χ3n) is 2.96. The molecule has 3 rings (SSSR count). The van der Waals surface area contributed by atoms with Gasteiger partial charge < -0.3 is 0 Å². The van der Waals surface area contributed by atoms with Crippen molar-refractivity contribution >= 4 is 21.6 Å². The van der Waals surface area contributed by atoms with Gasteiger partial charge in [0.15, 0.2) is 6.54 Å². The highest BCUT2D eigenvalue weighted by Gasteiger charge is 2.10. The Morgan fingerprint density at radius 1 is 1.00 bits per heavy atom. The van der Waals surface area contributed by atoms with Gasteiger partial charge in [0.05, 0.1) is 0 Å². The molecule has 1 heterocycles. The number of aromatic nitrogens is 1. The Labute approximate surface area is 105 Å². The van der Waals surface area contributed by atoms with E-state index in [0.717, 1.165) is 6.54 Å². The third-order valence-corrected chi connectivity index (χ3v) is 3.91. The number of aryl methyl sites for hydroxylation is 1. The molecule has 0 atom stereocenters. The maximum absolute atomic E-state index is 2.31. The van der Waals surface area contributed by atoms with Gasteiger partial charge >= 0.3 is 0 Å². The monoisotopic (exact) mass is 240 g/mol. The van der Waals surface area contributed by atoms with Crippen LogP contribution in [0.1, 0.15) is 11.1 Å². The summed E-state index contributed by atoms with van der Waals surface area (Å²) < 4.78 is 3.66. The summed E-state index contributed by atoms with van der Waals surface area (Å²) in [6.07, 6.45) is 0. The van der Waals surface area contributed by atoms with Gasteiger partial charge in [-0.25, -0.2) is 0 Å². The van der Waals surface area contributed by atoms with Gasteiger partial charge in [0.25, 0.3) is 0 Å². The van der Waals surface area contributed by atoms with Crippen LogP contribution in [0, 0.1) is 6.92 Å². The normalized spacial score (nSPS) is 10.9. The molecular formula is C15H14NS+. The molecule has 1 aromatic heterocycles. The van der Waals surface area contributed by atoms with E-state index >= 15 is 0 Å². The second-order valence-corrected chi connectivity index (χ2v) is 5.19. The first-order chi connectivity index (χ1) is 8.33. The minimum atomic E-state index is 0.949. The first kappa shape index (κ1) is 10.5. The average molecular weight is 240 g/mol. The first-order valence-electron chi connectivity index (χ1n) is 5.74. The molecule has 3 aromatic rings. The number of fused-ring (bicyclic) bond motifs is 1. The molecule has 0 fully saturated rings. The topological polar surface area (TPSA) is 3.88 Å². The van der Waals surface area contributed by atoms with Crippen molar-refractivity contribution in [2.75, 3.05) is 0 Å². The van der Waals surface area contributed by atoms with Gasteiger partial charge in [0.2, 0.25) is 11.0 Å². The van der Waals surface area contributed by atoms with Crippen LogP contribution >= 0.6 is 11.3 Å². The van der Waals surface area contributed by atoms with Crippen LogP contribution in [-0.4, -0.2) is 0 Å². The highest BCUT2D eigenvalue weighted by molar-refractivity contribution is 7.16. The number of hydrogen-bond donors (Lipinski definition) is 0. The predicted octanol–water partition coefficient (Wildman–Crippen LogP) is 3.55. The largest absolute Gasteiger partial charge is 0.226 e. The van der Waals surface area contributed by atoms with Crippen molar-refractivity contribution in [2.45, 2.75) is 13.5 Å². The summed E-state index contributed by atoms with van der Waals surface area (Å²) in [7, 11) is 0. The Balaban J connectivity index is 1.97. The fourth-order valence-electron chi connectivity index (χ4n) is 1.98. The molecule has 0 N–H and O–H groups in total. The van der Waals surface area contributed by atoms with Crippen LogP contribution < -0.4 is 4.57 Å². The number of hydrogen-bond acceptors (Lipinski definition) is 1. The van der Waals surface area contributed by atoms with Gasteiger partial charge in [-0.1, -0.05) is 53.3 Å². The number of rotatable bonds is 2. The highest BCUT2D eigenvalue weighted by atomic mass is 32.1. The molecule has 1 nitrogen and oxygen atoms in total. The first-order valence-corrected chi connectivity index (χ1v) is 6.62. The fraction of sp³-hybridized carbons (Fsp3) is 0.133. The molecule has 0 saturated carbocycles. The summed E-state index contributed by atoms with van der Waals surface area (Å²) in [5.74, 6) is 0. The highest BCUT2D eigenvalue weighted by Crippen LogP contribution is 2.15. The van der Waals surface area contributed by atoms with E-state index in [1.54, 1.807) is 11.3 Å². The van der Waals surface area contributed by atoms with Crippen molar-refractivity contribution in [3.05, 3.63) is 65.2 Å². The summed E-state index contributed by atoms with van der Waals surface area (Å²) in [5, 5.41) is 0. The summed E-state index contributed by atoms with van der Waals surface area (Å²) in [4.78, 5) is 0. The molecule has 0 saturated heterocycles. The maximum Gasteiger partial charge on any atom is 0.226 e. The second-order valence-electron chi connectivity index (χ2n) is 4.30. The Morgan fingerprint density at radius 2 is 1.76 bits per heavy atom. The van der Waals surface area contributed by atoms with Crippen LogP contribution in [0.2, 0.25) is 0 Å². The van der Waals surface area contributed by atoms with Crippen molar-refractivity contribution in [3.63, 3.8) is 0 Å². The smallest absolute Gasteiger partial charge is 0.184 e. The quantitative estimate of drug-likeness (QED) is 0.603. The molecular weight excluding hydrogens is 226 g/mol. The second kappa shape index (κ2) is 4.30. The van der Waals surface area contributed by atoms with Crippen LogP contribution in [0.5, 0.6) is 0 Å². The average Bonchev–Trinajstić information content (AvgIpc) is 2.76. The molecule has 2 aromatic carbocycles. The van der Waals surface area contributed by atoms with E-state index in [4.69, 9.17) is 0 Å². The van der Waals surface area contributed by atoms with E-state index in [1.807, 2.05) is 0 Å². The van der Waals surface area contributed by atoms with Crippen LogP contribution in [0.25, 0.3) is 10.2 Å². The summed E-state index contributed by atoms with van der Waals surface area (Å²) in [6.45, 7) is 3.07. The lowest BCUT2D eigenvalue weighted by atomic mass is 10.1. The molecule has 84 valence electrons. The zero-order valence-corrected chi connectivity index (χ0v) is 10.6. The van der Waals surface area contributed by atoms with E-state index in [0.29, 0.717) is 0 Å². The van der Waals surface area contributed by atoms with Crippen molar-refractivity contribution in [1.29, 1.82) is 0 Å². The zero-order chi connectivity index (χ0) is 11.7. The molecule has 0 aliphatic rings. The van der Waals surface area contributed by atoms with E-state index < -0.39 is 0 Å². The molecule has 17 heavy (non-hydrogen) atoms. The van der Waals surface area contributed by atoms with Crippen LogP contribution in [-0.2, 0) is 6.54 Å². The van der Waals surface area contributed by atoms with Gasteiger partial charge in [-0.3, -0.25) is 0 Å². The van der Waals surface area contributed by atoms with Crippen LogP contribution in [0.3, 0.4) is 0 Å². The maximum atomic E-state index is 2.31. The standard InChI is InChI=1S/C15H14NS/c1-12-6-8-13(9-7-12)10-16-11-17-15-5-3-2-4-14(15)16/h2-9,11H,10H2,1H3/q+1. The van der Waals surface area contributed by atoms with E-state index in [2.05, 4.69) is 65.5 Å². The van der Waals surface area contributed by atoms with Crippen LogP contribution in [0.15, 0.2) is 54.0 Å². The van der Waals surface area contributed by atoms with Gasteiger partial charge in [-0.05, 0) is 13.0 Å². The number of nitrogens with zero attached hydrogens (tertiary/aromatic N) is 1. The summed E-state index contributed by atoms with van der Waals surface area (Å²) in [5.41, 5.74) is 6.18. The Kier molecular flexibility index (Phi) is 2.65. The molecule has 0 radical (unpaired) electrons. The minimum Gasteiger partial charge on any atom is -0.184 e. The lowest BCUT2D eigenvalue weighted by Gasteiger charge is -1.97. The van der Waals surface area contributed by atoms with Gasteiger partial charge in [-0.2, -0.15) is 4.57 Å². The molecule has 2 heteroatoms. The molecule has 0 aliphatic carbocycles. The van der Waals surface area contributed by atoms with Crippen molar-refractivity contribution in [1.82, 2.24) is 0 Å². The molecule has 0 bridgehead atoms. The number of para-hydroxylation sites is 1. The molecule has 0 spiro atoms. The SMILES string of the molecule is Cc1ccc(C[n+]2csc3ccccc32)cc1. The van der Waals surface area contributed by atoms with Crippen molar-refractivity contribution in [3.8, 4) is 0 Å². The van der Waals surface area contributed by atoms with Gasteiger partial charge in [0, 0.05) is 11.6 Å². The Bertz CT molecular complexity index is 637. The third kappa shape index (κ3) is 2.08. The number of thiazole rings is 1. The Morgan fingerprint density at radius 3 is 2.59 bits per heavy atom. The lowest BCUT2D eigenvalue weighted by molar-refractivity contribution is -0.658. The lowest BCUT2D eigenvalue weighted by Crippen LogP contribution is -2.31. The molecule has 0 aliphatic heterocycles. The molecule has 0 amide bonds. The van der Waals surface area contributed by atoms with Crippen LogP contribution in [0.4, 0.5) is 0 Å². The van der Waals surface area contributed by atoms with E-state index in [9.17, 15) is 0 Å². The van der Waals surface area contributed by atoms with Gasteiger partial charge in [-0.15, -0.1) is 0 Å². The van der Waals surface area contributed by atoms with E-state index in [1.165, 1.54) is 21.3 Å². The van der Waals surface area contributed by atoms with Gasteiger partial charge in [0.1, 0.15) is 4.70 Å². The van der Waals surface area contributed by atoms with Crippen molar-refractivity contribution in [2.24, 2.45) is 0 Å².